The first-order valence-corrected chi connectivity index (χ1v) is 10.5. The third kappa shape index (κ3) is 5.54. The molecule has 3 aliphatic carbocycles. The minimum atomic E-state index is -0.371. The number of carbonyl (C=O) groups excluding carboxylic acids is 1. The summed E-state index contributed by atoms with van der Waals surface area (Å²) >= 11 is 0. The maximum Gasteiger partial charge on any atom is 0.412 e. The van der Waals surface area contributed by atoms with Crippen LogP contribution in [-0.4, -0.2) is 43.8 Å². The highest BCUT2D eigenvalue weighted by atomic mass is 35.5. The summed E-state index contributed by atoms with van der Waals surface area (Å²) in [6.07, 6.45) is 7.78. The first kappa shape index (κ1) is 22.8. The molecule has 4 rings (SSSR count). The van der Waals surface area contributed by atoms with Gasteiger partial charge in [0.25, 0.3) is 0 Å². The van der Waals surface area contributed by atoms with E-state index in [9.17, 15) is 4.79 Å². The fraction of sp³-hybridized carbons (Fsp3) is 0.682. The quantitative estimate of drug-likeness (QED) is 0.587. The van der Waals surface area contributed by atoms with Crippen LogP contribution in [-0.2, 0) is 4.74 Å². The normalized spacial score (nSPS) is 25.9. The predicted octanol–water partition coefficient (Wildman–Crippen LogP) is 5.34. The van der Waals surface area contributed by atoms with E-state index in [2.05, 4.69) is 31.2 Å². The van der Waals surface area contributed by atoms with Crippen LogP contribution in [0.15, 0.2) is 24.3 Å². The molecule has 28 heavy (non-hydrogen) atoms. The number of benzene rings is 1. The Hall–Kier alpha value is -1.46. The van der Waals surface area contributed by atoms with Crippen LogP contribution in [0.4, 0.5) is 10.5 Å². The number of nitrogens with zero attached hydrogens (tertiary/aromatic N) is 1. The van der Waals surface area contributed by atoms with Crippen molar-refractivity contribution < 1.29 is 14.3 Å². The molecule has 1 amide bonds. The zero-order chi connectivity index (χ0) is 19.2. The maximum atomic E-state index is 12.6. The SMILES string of the molecule is CCCCCOc1ccccc1NC(=O)O[C@H]1C2CCC(CC2)[C@@H]1N(C)C.Cl. The van der Waals surface area contributed by atoms with Gasteiger partial charge in [0.1, 0.15) is 11.9 Å². The number of rotatable bonds is 8. The monoisotopic (exact) mass is 410 g/mol. The average Bonchev–Trinajstić information content (AvgIpc) is 2.67. The lowest BCUT2D eigenvalue weighted by Crippen LogP contribution is -2.56. The molecule has 0 aliphatic heterocycles. The maximum absolute atomic E-state index is 12.6. The molecule has 0 unspecified atom stereocenters. The lowest BCUT2D eigenvalue weighted by molar-refractivity contribution is -0.0703. The highest BCUT2D eigenvalue weighted by Crippen LogP contribution is 2.44. The molecule has 1 N–H and O–H groups in total. The topological polar surface area (TPSA) is 50.8 Å². The minimum Gasteiger partial charge on any atom is -0.491 e. The molecule has 3 fully saturated rings. The third-order valence-electron chi connectivity index (χ3n) is 6.07. The Morgan fingerprint density at radius 3 is 2.46 bits per heavy atom. The molecule has 0 heterocycles. The molecule has 0 spiro atoms. The summed E-state index contributed by atoms with van der Waals surface area (Å²) in [5.41, 5.74) is 0.682. The van der Waals surface area contributed by atoms with E-state index in [4.69, 9.17) is 9.47 Å². The highest BCUT2D eigenvalue weighted by molar-refractivity contribution is 5.86. The van der Waals surface area contributed by atoms with Crippen LogP contribution >= 0.6 is 12.4 Å². The van der Waals surface area contributed by atoms with Crippen LogP contribution in [0.2, 0.25) is 0 Å². The average molecular weight is 411 g/mol. The number of halogens is 1. The van der Waals surface area contributed by atoms with Crippen LogP contribution in [0.1, 0.15) is 51.9 Å². The molecule has 2 bridgehead atoms. The Morgan fingerprint density at radius 2 is 1.79 bits per heavy atom. The first-order chi connectivity index (χ1) is 13.1. The summed E-state index contributed by atoms with van der Waals surface area (Å²) in [6.45, 7) is 2.83. The Balaban J connectivity index is 0.00000280. The van der Waals surface area contributed by atoms with Gasteiger partial charge in [0.15, 0.2) is 0 Å². The van der Waals surface area contributed by atoms with Crippen LogP contribution in [0.25, 0.3) is 0 Å². The Bertz CT molecular complexity index is 618. The van der Waals surface area contributed by atoms with Crippen molar-refractivity contribution >= 4 is 24.2 Å². The van der Waals surface area contributed by atoms with E-state index in [0.717, 1.165) is 19.3 Å². The van der Waals surface area contributed by atoms with E-state index in [0.29, 0.717) is 35.9 Å². The largest absolute Gasteiger partial charge is 0.491 e. The lowest BCUT2D eigenvalue weighted by atomic mass is 9.65. The van der Waals surface area contributed by atoms with Gasteiger partial charge in [0, 0.05) is 6.04 Å². The zero-order valence-electron chi connectivity index (χ0n) is 17.4. The number of nitrogens with one attached hydrogen (secondary N) is 1. The van der Waals surface area contributed by atoms with Crippen molar-refractivity contribution in [2.45, 2.75) is 64.0 Å². The molecule has 0 saturated heterocycles. The van der Waals surface area contributed by atoms with Gasteiger partial charge in [0.05, 0.1) is 12.3 Å². The van der Waals surface area contributed by atoms with Crippen LogP contribution in [0.3, 0.4) is 0 Å². The number of amides is 1. The van der Waals surface area contributed by atoms with Crippen molar-refractivity contribution in [3.8, 4) is 5.75 Å². The van der Waals surface area contributed by atoms with E-state index >= 15 is 0 Å². The highest BCUT2D eigenvalue weighted by Gasteiger charge is 2.46. The second-order valence-electron chi connectivity index (χ2n) is 8.18. The summed E-state index contributed by atoms with van der Waals surface area (Å²) in [6, 6.07) is 7.91. The molecular formula is C22H35ClN2O3. The summed E-state index contributed by atoms with van der Waals surface area (Å²) in [5, 5.41) is 2.91. The number of fused-ring (bicyclic) bond motifs is 3. The smallest absolute Gasteiger partial charge is 0.412 e. The number of likely N-dealkylation sites (N-methyl/N-ethyl adjacent to an activating group) is 1. The minimum absolute atomic E-state index is 0. The van der Waals surface area contributed by atoms with E-state index in [1.54, 1.807) is 0 Å². The Kier molecular flexibility index (Phi) is 8.90. The Morgan fingerprint density at radius 1 is 1.11 bits per heavy atom. The van der Waals surface area contributed by atoms with Crippen molar-refractivity contribution in [2.24, 2.45) is 11.8 Å². The second-order valence-corrected chi connectivity index (χ2v) is 8.18. The number of carbonyl (C=O) groups is 1. The number of ether oxygens (including phenoxy) is 2. The molecule has 158 valence electrons. The van der Waals surface area contributed by atoms with Crippen molar-refractivity contribution in [2.75, 3.05) is 26.0 Å². The molecular weight excluding hydrogens is 376 g/mol. The molecule has 1 aromatic rings. The standard InChI is InChI=1S/C22H34N2O3.ClH/c1-4-5-8-15-26-19-10-7-6-9-18(19)23-22(25)27-21-17-13-11-16(12-14-17)20(21)24(2)3;/h6-7,9-10,16-17,20-21H,4-5,8,11-15H2,1-3H3,(H,23,25);1H/t16?,17?,20-,21-;/m0./s1. The molecule has 1 aromatic carbocycles. The molecule has 5 nitrogen and oxygen atoms in total. The van der Waals surface area contributed by atoms with Crippen molar-refractivity contribution in [3.63, 3.8) is 0 Å². The zero-order valence-corrected chi connectivity index (χ0v) is 18.2. The molecule has 3 aliphatic rings. The summed E-state index contributed by atoms with van der Waals surface area (Å²) in [5.74, 6) is 1.82. The fourth-order valence-electron chi connectivity index (χ4n) is 4.74. The molecule has 0 aromatic heterocycles. The number of hydrogen-bond donors (Lipinski definition) is 1. The van der Waals surface area contributed by atoms with E-state index in [-0.39, 0.29) is 24.6 Å². The van der Waals surface area contributed by atoms with Gasteiger partial charge in [-0.05, 0) is 70.2 Å². The number of para-hydroxylation sites is 2. The predicted molar refractivity (Wildman–Crippen MR) is 116 cm³/mol. The summed E-state index contributed by atoms with van der Waals surface area (Å²) < 4.78 is 11.8. The van der Waals surface area contributed by atoms with Gasteiger partial charge < -0.3 is 14.4 Å². The van der Waals surface area contributed by atoms with Gasteiger partial charge in [-0.1, -0.05) is 31.9 Å². The van der Waals surface area contributed by atoms with Gasteiger partial charge in [-0.15, -0.1) is 12.4 Å². The van der Waals surface area contributed by atoms with Gasteiger partial charge in [-0.3, -0.25) is 5.32 Å². The number of unbranched alkanes of at least 4 members (excludes halogenated alkanes) is 2. The number of hydrogen-bond acceptors (Lipinski definition) is 4. The van der Waals surface area contributed by atoms with Crippen LogP contribution < -0.4 is 10.1 Å². The Labute approximate surface area is 175 Å². The van der Waals surface area contributed by atoms with E-state index < -0.39 is 0 Å². The fourth-order valence-corrected chi connectivity index (χ4v) is 4.74. The van der Waals surface area contributed by atoms with Gasteiger partial charge in [-0.2, -0.15) is 0 Å². The summed E-state index contributed by atoms with van der Waals surface area (Å²) in [4.78, 5) is 14.9. The lowest BCUT2D eigenvalue weighted by Gasteiger charge is -2.50. The number of anilines is 1. The first-order valence-electron chi connectivity index (χ1n) is 10.5. The van der Waals surface area contributed by atoms with E-state index in [1.165, 1.54) is 25.7 Å². The third-order valence-corrected chi connectivity index (χ3v) is 6.07. The second kappa shape index (κ2) is 10.9. The summed E-state index contributed by atoms with van der Waals surface area (Å²) in [7, 11) is 4.19. The molecule has 0 radical (unpaired) electrons. The van der Waals surface area contributed by atoms with Crippen molar-refractivity contribution in [1.82, 2.24) is 4.90 Å². The van der Waals surface area contributed by atoms with E-state index in [1.807, 2.05) is 24.3 Å². The van der Waals surface area contributed by atoms with Crippen molar-refractivity contribution in [1.29, 1.82) is 0 Å². The van der Waals surface area contributed by atoms with Crippen LogP contribution in [0.5, 0.6) is 5.75 Å². The van der Waals surface area contributed by atoms with Gasteiger partial charge in [0.2, 0.25) is 0 Å². The molecule has 6 heteroatoms. The molecule has 3 saturated carbocycles. The van der Waals surface area contributed by atoms with Crippen LogP contribution in [0, 0.1) is 11.8 Å². The van der Waals surface area contributed by atoms with Gasteiger partial charge in [-0.25, -0.2) is 4.79 Å². The van der Waals surface area contributed by atoms with Gasteiger partial charge >= 0.3 is 6.09 Å². The van der Waals surface area contributed by atoms with Crippen molar-refractivity contribution in [3.05, 3.63) is 24.3 Å². The molecule has 2 atom stereocenters.